The van der Waals surface area contributed by atoms with E-state index in [-0.39, 0.29) is 12.5 Å². The van der Waals surface area contributed by atoms with Gasteiger partial charge < -0.3 is 10.6 Å². The van der Waals surface area contributed by atoms with Gasteiger partial charge >= 0.3 is 12.3 Å². The van der Waals surface area contributed by atoms with E-state index in [4.69, 9.17) is 0 Å². The standard InChI is InChI=1S/C13H16F4N2/c14-12(15)13(16,17)8-19-7-10-6-18-5-9-3-1-2-4-11(9)10/h1-4,10,12,18-19H,5-8H2. The van der Waals surface area contributed by atoms with Crippen molar-refractivity contribution in [2.45, 2.75) is 24.8 Å². The van der Waals surface area contributed by atoms with Crippen molar-refractivity contribution in [1.29, 1.82) is 0 Å². The van der Waals surface area contributed by atoms with Crippen LogP contribution in [0.5, 0.6) is 0 Å². The highest BCUT2D eigenvalue weighted by Gasteiger charge is 2.40. The fourth-order valence-corrected chi connectivity index (χ4v) is 2.26. The van der Waals surface area contributed by atoms with Gasteiger partial charge in [0.25, 0.3) is 0 Å². The Morgan fingerprint density at radius 2 is 2.05 bits per heavy atom. The minimum atomic E-state index is -3.97. The summed E-state index contributed by atoms with van der Waals surface area (Å²) in [4.78, 5) is 0. The lowest BCUT2D eigenvalue weighted by atomic mass is 9.91. The van der Waals surface area contributed by atoms with Gasteiger partial charge in [-0.3, -0.25) is 0 Å². The number of benzene rings is 1. The number of hydrogen-bond donors (Lipinski definition) is 2. The highest BCUT2D eigenvalue weighted by atomic mass is 19.3. The summed E-state index contributed by atoms with van der Waals surface area (Å²) in [5.74, 6) is -3.94. The average molecular weight is 276 g/mol. The predicted molar refractivity (Wildman–Crippen MR) is 64.7 cm³/mol. The number of alkyl halides is 4. The second-order valence-corrected chi connectivity index (χ2v) is 4.72. The Morgan fingerprint density at radius 1 is 1.32 bits per heavy atom. The molecule has 0 spiro atoms. The minimum absolute atomic E-state index is 0.0263. The first-order chi connectivity index (χ1) is 9.00. The van der Waals surface area contributed by atoms with Crippen LogP contribution in [0.25, 0.3) is 0 Å². The van der Waals surface area contributed by atoms with Gasteiger partial charge in [-0.1, -0.05) is 24.3 Å². The molecule has 0 saturated heterocycles. The fourth-order valence-electron chi connectivity index (χ4n) is 2.26. The highest BCUT2D eigenvalue weighted by molar-refractivity contribution is 5.32. The SMILES string of the molecule is FC(F)C(F)(F)CNCC1CNCc2ccccc21. The molecule has 0 aliphatic carbocycles. The second kappa shape index (κ2) is 5.88. The molecule has 1 atom stereocenters. The molecule has 0 bridgehead atoms. The van der Waals surface area contributed by atoms with Crippen LogP contribution in [0.1, 0.15) is 17.0 Å². The van der Waals surface area contributed by atoms with E-state index in [1.807, 2.05) is 24.3 Å². The zero-order valence-corrected chi connectivity index (χ0v) is 10.3. The lowest BCUT2D eigenvalue weighted by molar-refractivity contribution is -0.125. The Labute approximate surface area is 109 Å². The van der Waals surface area contributed by atoms with Crippen LogP contribution in [0, 0.1) is 0 Å². The molecule has 0 amide bonds. The van der Waals surface area contributed by atoms with Gasteiger partial charge in [0.2, 0.25) is 0 Å². The molecule has 19 heavy (non-hydrogen) atoms. The van der Waals surface area contributed by atoms with Crippen molar-refractivity contribution in [2.75, 3.05) is 19.6 Å². The van der Waals surface area contributed by atoms with Crippen molar-refractivity contribution in [2.24, 2.45) is 0 Å². The smallest absolute Gasteiger partial charge is 0.312 e. The number of halogens is 4. The van der Waals surface area contributed by atoms with Crippen LogP contribution in [0.3, 0.4) is 0 Å². The van der Waals surface area contributed by atoms with Crippen LogP contribution in [0.2, 0.25) is 0 Å². The van der Waals surface area contributed by atoms with Crippen molar-refractivity contribution in [1.82, 2.24) is 10.6 Å². The van der Waals surface area contributed by atoms with Gasteiger partial charge in [0, 0.05) is 25.6 Å². The van der Waals surface area contributed by atoms with Crippen LogP contribution in [-0.2, 0) is 6.54 Å². The van der Waals surface area contributed by atoms with Gasteiger partial charge in [-0.25, -0.2) is 8.78 Å². The molecule has 0 aromatic heterocycles. The van der Waals surface area contributed by atoms with E-state index in [9.17, 15) is 17.6 Å². The van der Waals surface area contributed by atoms with E-state index >= 15 is 0 Å². The number of fused-ring (bicyclic) bond motifs is 1. The zero-order chi connectivity index (χ0) is 13.9. The van der Waals surface area contributed by atoms with Crippen LogP contribution < -0.4 is 10.6 Å². The molecule has 106 valence electrons. The first-order valence-electron chi connectivity index (χ1n) is 6.16. The molecule has 2 rings (SSSR count). The van der Waals surface area contributed by atoms with E-state index in [0.29, 0.717) is 6.54 Å². The van der Waals surface area contributed by atoms with Crippen molar-refractivity contribution in [3.63, 3.8) is 0 Å². The fraction of sp³-hybridized carbons (Fsp3) is 0.538. The Balaban J connectivity index is 1.91. The average Bonchev–Trinajstić information content (AvgIpc) is 2.38. The third-order valence-electron chi connectivity index (χ3n) is 3.27. The Kier molecular flexibility index (Phi) is 4.42. The molecule has 1 aliphatic rings. The Hall–Kier alpha value is -1.14. The maximum absolute atomic E-state index is 12.8. The number of rotatable bonds is 5. The molecule has 6 heteroatoms. The molecule has 2 nitrogen and oxygen atoms in total. The highest BCUT2D eigenvalue weighted by Crippen LogP contribution is 2.24. The van der Waals surface area contributed by atoms with Crippen LogP contribution in [0.4, 0.5) is 17.6 Å². The van der Waals surface area contributed by atoms with Crippen molar-refractivity contribution in [3.8, 4) is 0 Å². The Morgan fingerprint density at radius 3 is 2.79 bits per heavy atom. The van der Waals surface area contributed by atoms with E-state index < -0.39 is 18.9 Å². The van der Waals surface area contributed by atoms with Gasteiger partial charge in [-0.05, 0) is 11.1 Å². The van der Waals surface area contributed by atoms with Crippen LogP contribution >= 0.6 is 0 Å². The molecule has 1 unspecified atom stereocenters. The molecule has 1 aromatic carbocycles. The third kappa shape index (κ3) is 3.45. The largest absolute Gasteiger partial charge is 0.319 e. The van der Waals surface area contributed by atoms with Gasteiger partial charge in [0.05, 0.1) is 6.54 Å². The van der Waals surface area contributed by atoms with Crippen molar-refractivity contribution < 1.29 is 17.6 Å². The summed E-state index contributed by atoms with van der Waals surface area (Å²) in [5, 5.41) is 5.63. The summed E-state index contributed by atoms with van der Waals surface area (Å²) in [6.45, 7) is 0.666. The maximum atomic E-state index is 12.8. The summed E-state index contributed by atoms with van der Waals surface area (Å²) < 4.78 is 49.6. The lowest BCUT2D eigenvalue weighted by Gasteiger charge is -2.27. The summed E-state index contributed by atoms with van der Waals surface area (Å²) in [5.41, 5.74) is 2.22. The zero-order valence-electron chi connectivity index (χ0n) is 10.3. The Bertz CT molecular complexity index is 423. The van der Waals surface area contributed by atoms with Crippen molar-refractivity contribution in [3.05, 3.63) is 35.4 Å². The maximum Gasteiger partial charge on any atom is 0.319 e. The van der Waals surface area contributed by atoms with E-state index in [1.165, 1.54) is 0 Å². The molecule has 1 heterocycles. The number of nitrogens with one attached hydrogen (secondary N) is 2. The summed E-state index contributed by atoms with van der Waals surface area (Å²) in [7, 11) is 0. The van der Waals surface area contributed by atoms with Crippen molar-refractivity contribution >= 4 is 0 Å². The van der Waals surface area contributed by atoms with Gasteiger partial charge in [-0.2, -0.15) is 8.78 Å². The topological polar surface area (TPSA) is 24.1 Å². The van der Waals surface area contributed by atoms with Crippen LogP contribution in [-0.4, -0.2) is 32.0 Å². The van der Waals surface area contributed by atoms with Gasteiger partial charge in [-0.15, -0.1) is 0 Å². The molecule has 0 radical (unpaired) electrons. The summed E-state index contributed by atoms with van der Waals surface area (Å²) >= 11 is 0. The predicted octanol–water partition coefficient (Wildman–Crippen LogP) is 2.36. The monoisotopic (exact) mass is 276 g/mol. The normalized spacial score (nSPS) is 19.5. The number of hydrogen-bond acceptors (Lipinski definition) is 2. The third-order valence-corrected chi connectivity index (χ3v) is 3.27. The van der Waals surface area contributed by atoms with Gasteiger partial charge in [0.15, 0.2) is 0 Å². The van der Waals surface area contributed by atoms with Crippen LogP contribution in [0.15, 0.2) is 24.3 Å². The molecule has 1 aliphatic heterocycles. The van der Waals surface area contributed by atoms with E-state index in [0.717, 1.165) is 17.7 Å². The lowest BCUT2D eigenvalue weighted by Crippen LogP contribution is -2.42. The molecule has 0 fully saturated rings. The molecule has 0 saturated carbocycles. The first-order valence-corrected chi connectivity index (χ1v) is 6.16. The second-order valence-electron chi connectivity index (χ2n) is 4.72. The van der Waals surface area contributed by atoms with Gasteiger partial charge in [0.1, 0.15) is 0 Å². The quantitative estimate of drug-likeness (QED) is 0.807. The van der Waals surface area contributed by atoms with E-state index in [1.54, 1.807) is 0 Å². The molecule has 2 N–H and O–H groups in total. The minimum Gasteiger partial charge on any atom is -0.312 e. The summed E-state index contributed by atoms with van der Waals surface area (Å²) in [6, 6.07) is 7.74. The molecular formula is C13H16F4N2. The van der Waals surface area contributed by atoms with E-state index in [2.05, 4.69) is 10.6 Å². The first kappa shape index (κ1) is 14.3. The summed E-state index contributed by atoms with van der Waals surface area (Å²) in [6.07, 6.45) is -3.63. The molecule has 1 aromatic rings. The molecular weight excluding hydrogens is 260 g/mol.